The van der Waals surface area contributed by atoms with Crippen LogP contribution in [0.25, 0.3) is 0 Å². The summed E-state index contributed by atoms with van der Waals surface area (Å²) in [6.45, 7) is 3.09. The number of rotatable bonds is 5. The number of nitrogen functional groups attached to an aromatic ring is 1. The summed E-state index contributed by atoms with van der Waals surface area (Å²) in [6.07, 6.45) is 3.58. The third-order valence-electron chi connectivity index (χ3n) is 2.23. The number of benzene rings is 1. The maximum absolute atomic E-state index is 5.88. The number of nitrogens with zero attached hydrogens (tertiary/aromatic N) is 1. The molecule has 0 fully saturated rings. The summed E-state index contributed by atoms with van der Waals surface area (Å²) >= 11 is 0. The number of anilines is 2. The largest absolute Gasteiger partial charge is 0.399 e. The normalized spacial score (nSPS) is 10.1. The molecule has 0 bridgehead atoms. The van der Waals surface area contributed by atoms with Crippen LogP contribution in [0.5, 0.6) is 0 Å². The Morgan fingerprint density at radius 2 is 1.79 bits per heavy atom. The Kier molecular flexibility index (Phi) is 4.26. The van der Waals surface area contributed by atoms with Gasteiger partial charge >= 0.3 is 0 Å². The number of unbranched alkanes of at least 4 members (excludes halogenated alkanes) is 2. The van der Waals surface area contributed by atoms with Gasteiger partial charge in [0.05, 0.1) is 5.69 Å². The third-order valence-corrected chi connectivity index (χ3v) is 2.23. The van der Waals surface area contributed by atoms with Crippen molar-refractivity contribution in [1.82, 2.24) is 0 Å². The van der Waals surface area contributed by atoms with Gasteiger partial charge in [-0.15, -0.1) is 0 Å². The summed E-state index contributed by atoms with van der Waals surface area (Å²) in [4.78, 5) is 0. The fraction of sp³-hybridized carbons (Fsp3) is 0.455. The second kappa shape index (κ2) is 5.50. The maximum Gasteiger partial charge on any atom is 0.0518 e. The van der Waals surface area contributed by atoms with Gasteiger partial charge in [0.1, 0.15) is 0 Å². The van der Waals surface area contributed by atoms with E-state index in [1.54, 1.807) is 5.01 Å². The van der Waals surface area contributed by atoms with E-state index in [4.69, 9.17) is 11.6 Å². The van der Waals surface area contributed by atoms with Gasteiger partial charge < -0.3 is 10.7 Å². The summed E-state index contributed by atoms with van der Waals surface area (Å²) in [6, 6.07) is 7.63. The molecule has 1 aromatic rings. The first-order valence-corrected chi connectivity index (χ1v) is 5.12. The van der Waals surface area contributed by atoms with Gasteiger partial charge in [-0.2, -0.15) is 0 Å². The predicted molar refractivity (Wildman–Crippen MR) is 61.9 cm³/mol. The number of nitrogens with two attached hydrogens (primary N) is 2. The van der Waals surface area contributed by atoms with Crippen molar-refractivity contribution in [2.75, 3.05) is 17.3 Å². The minimum Gasteiger partial charge on any atom is -0.399 e. The van der Waals surface area contributed by atoms with E-state index in [1.165, 1.54) is 12.8 Å². The molecule has 0 radical (unpaired) electrons. The van der Waals surface area contributed by atoms with Crippen LogP contribution in [-0.2, 0) is 0 Å². The zero-order valence-electron chi connectivity index (χ0n) is 8.74. The average Bonchev–Trinajstić information content (AvgIpc) is 2.19. The van der Waals surface area contributed by atoms with Crippen LogP contribution in [0.15, 0.2) is 24.3 Å². The summed E-state index contributed by atoms with van der Waals surface area (Å²) in [5, 5.41) is 1.77. The van der Waals surface area contributed by atoms with E-state index < -0.39 is 0 Å². The van der Waals surface area contributed by atoms with E-state index >= 15 is 0 Å². The zero-order valence-corrected chi connectivity index (χ0v) is 8.74. The first-order chi connectivity index (χ1) is 6.74. The van der Waals surface area contributed by atoms with Crippen molar-refractivity contribution < 1.29 is 0 Å². The molecule has 0 aliphatic heterocycles. The van der Waals surface area contributed by atoms with Gasteiger partial charge in [0.25, 0.3) is 0 Å². The molecule has 0 aromatic heterocycles. The monoisotopic (exact) mass is 193 g/mol. The second-order valence-electron chi connectivity index (χ2n) is 3.49. The SMILES string of the molecule is CCCCCN(N)c1ccc(N)cc1. The third kappa shape index (κ3) is 3.26. The molecule has 0 aliphatic carbocycles. The van der Waals surface area contributed by atoms with Crippen LogP contribution in [0.2, 0.25) is 0 Å². The molecule has 0 heterocycles. The van der Waals surface area contributed by atoms with Crippen LogP contribution in [0.4, 0.5) is 11.4 Å². The van der Waals surface area contributed by atoms with Gasteiger partial charge in [-0.25, -0.2) is 5.84 Å². The Hall–Kier alpha value is -1.22. The molecule has 3 heteroatoms. The lowest BCUT2D eigenvalue weighted by Gasteiger charge is -2.18. The Morgan fingerprint density at radius 3 is 2.36 bits per heavy atom. The van der Waals surface area contributed by atoms with Crippen molar-refractivity contribution in [3.63, 3.8) is 0 Å². The molecule has 0 saturated carbocycles. The molecular formula is C11H19N3. The number of hydrogen-bond donors (Lipinski definition) is 2. The van der Waals surface area contributed by atoms with Crippen LogP contribution in [0.3, 0.4) is 0 Å². The molecule has 0 spiro atoms. The van der Waals surface area contributed by atoms with Crippen molar-refractivity contribution in [3.05, 3.63) is 24.3 Å². The summed E-state index contributed by atoms with van der Waals surface area (Å²) < 4.78 is 0. The fourth-order valence-corrected chi connectivity index (χ4v) is 1.33. The van der Waals surface area contributed by atoms with Gasteiger partial charge in [-0.1, -0.05) is 19.8 Å². The Labute approximate surface area is 85.7 Å². The molecule has 0 atom stereocenters. The molecule has 14 heavy (non-hydrogen) atoms. The van der Waals surface area contributed by atoms with Gasteiger partial charge in [0, 0.05) is 12.2 Å². The summed E-state index contributed by atoms with van der Waals surface area (Å²) in [5.41, 5.74) is 7.39. The van der Waals surface area contributed by atoms with Crippen LogP contribution in [0, 0.1) is 0 Å². The molecule has 0 aliphatic rings. The van der Waals surface area contributed by atoms with Crippen molar-refractivity contribution >= 4 is 11.4 Å². The highest BCUT2D eigenvalue weighted by atomic mass is 15.4. The van der Waals surface area contributed by atoms with Gasteiger partial charge in [0.2, 0.25) is 0 Å². The molecule has 0 saturated heterocycles. The zero-order chi connectivity index (χ0) is 10.4. The van der Waals surface area contributed by atoms with Crippen molar-refractivity contribution in [2.45, 2.75) is 26.2 Å². The van der Waals surface area contributed by atoms with E-state index in [-0.39, 0.29) is 0 Å². The fourth-order valence-electron chi connectivity index (χ4n) is 1.33. The maximum atomic E-state index is 5.88. The van der Waals surface area contributed by atoms with E-state index in [0.717, 1.165) is 24.3 Å². The standard InChI is InChI=1S/C11H19N3/c1-2-3-4-9-14(13)11-7-5-10(12)6-8-11/h5-8H,2-4,9,12-13H2,1H3. The highest BCUT2D eigenvalue weighted by Crippen LogP contribution is 2.13. The Balaban J connectivity index is 2.43. The van der Waals surface area contributed by atoms with E-state index in [0.29, 0.717) is 0 Å². The van der Waals surface area contributed by atoms with E-state index in [9.17, 15) is 0 Å². The van der Waals surface area contributed by atoms with Gasteiger partial charge in [0.15, 0.2) is 0 Å². The van der Waals surface area contributed by atoms with Crippen LogP contribution < -0.4 is 16.6 Å². The lowest BCUT2D eigenvalue weighted by Crippen LogP contribution is -2.31. The molecule has 78 valence electrons. The van der Waals surface area contributed by atoms with Crippen molar-refractivity contribution in [1.29, 1.82) is 0 Å². The minimum absolute atomic E-state index is 0.774. The lowest BCUT2D eigenvalue weighted by atomic mass is 10.2. The first kappa shape index (κ1) is 10.9. The molecule has 1 aromatic carbocycles. The van der Waals surface area contributed by atoms with Crippen LogP contribution in [-0.4, -0.2) is 6.54 Å². The predicted octanol–water partition coefficient (Wildman–Crippen LogP) is 2.14. The number of hydrazine groups is 1. The Bertz CT molecular complexity index is 256. The quantitative estimate of drug-likeness (QED) is 0.326. The average molecular weight is 193 g/mol. The molecular weight excluding hydrogens is 174 g/mol. The molecule has 4 N–H and O–H groups in total. The topological polar surface area (TPSA) is 55.3 Å². The minimum atomic E-state index is 0.774. The summed E-state index contributed by atoms with van der Waals surface area (Å²) in [7, 11) is 0. The first-order valence-electron chi connectivity index (χ1n) is 5.12. The molecule has 1 rings (SSSR count). The second-order valence-corrected chi connectivity index (χ2v) is 3.49. The summed E-state index contributed by atoms with van der Waals surface area (Å²) in [5.74, 6) is 5.88. The van der Waals surface area contributed by atoms with Crippen LogP contribution >= 0.6 is 0 Å². The molecule has 0 unspecified atom stereocenters. The van der Waals surface area contributed by atoms with Crippen molar-refractivity contribution in [3.8, 4) is 0 Å². The van der Waals surface area contributed by atoms with E-state index in [1.807, 2.05) is 24.3 Å². The smallest absolute Gasteiger partial charge is 0.0518 e. The highest BCUT2D eigenvalue weighted by molar-refractivity contribution is 5.51. The van der Waals surface area contributed by atoms with Gasteiger partial charge in [-0.05, 0) is 30.7 Å². The highest BCUT2D eigenvalue weighted by Gasteiger charge is 1.99. The number of hydrogen-bond acceptors (Lipinski definition) is 3. The molecule has 3 nitrogen and oxygen atoms in total. The molecule has 0 amide bonds. The van der Waals surface area contributed by atoms with Gasteiger partial charge in [-0.3, -0.25) is 0 Å². The van der Waals surface area contributed by atoms with E-state index in [2.05, 4.69) is 6.92 Å². The Morgan fingerprint density at radius 1 is 1.14 bits per heavy atom. The van der Waals surface area contributed by atoms with Crippen molar-refractivity contribution in [2.24, 2.45) is 5.84 Å². The van der Waals surface area contributed by atoms with Crippen LogP contribution in [0.1, 0.15) is 26.2 Å². The lowest BCUT2D eigenvalue weighted by molar-refractivity contribution is 0.688.